The van der Waals surface area contributed by atoms with Crippen LogP contribution in [0.5, 0.6) is 5.75 Å². The fourth-order valence-corrected chi connectivity index (χ4v) is 1.64. The SMILES string of the molecule is CCC(CC(=O)O)NC(=O)Cc1cccc(O)c1. The average molecular weight is 251 g/mol. The van der Waals surface area contributed by atoms with Crippen LogP contribution in [0, 0.1) is 0 Å². The average Bonchev–Trinajstić information content (AvgIpc) is 2.27. The molecule has 0 aliphatic heterocycles. The molecular weight excluding hydrogens is 234 g/mol. The summed E-state index contributed by atoms with van der Waals surface area (Å²) in [5, 5.41) is 20.6. The smallest absolute Gasteiger partial charge is 0.305 e. The number of carboxylic acid groups (broad SMARTS) is 1. The van der Waals surface area contributed by atoms with Gasteiger partial charge in [0.25, 0.3) is 0 Å². The largest absolute Gasteiger partial charge is 0.508 e. The molecule has 5 nitrogen and oxygen atoms in total. The zero-order valence-electron chi connectivity index (χ0n) is 10.2. The molecule has 0 aliphatic rings. The highest BCUT2D eigenvalue weighted by Gasteiger charge is 2.14. The number of carboxylic acids is 1. The molecule has 0 aromatic heterocycles. The number of hydrogen-bond donors (Lipinski definition) is 3. The number of phenolic OH excluding ortho intramolecular Hbond substituents is 1. The summed E-state index contributed by atoms with van der Waals surface area (Å²) in [4.78, 5) is 22.3. The molecule has 0 fully saturated rings. The Morgan fingerprint density at radius 2 is 2.11 bits per heavy atom. The van der Waals surface area contributed by atoms with Crippen LogP contribution in [0.15, 0.2) is 24.3 Å². The molecule has 1 aromatic carbocycles. The lowest BCUT2D eigenvalue weighted by molar-refractivity contribution is -0.137. The van der Waals surface area contributed by atoms with E-state index in [-0.39, 0.29) is 30.5 Å². The van der Waals surface area contributed by atoms with Crippen molar-refractivity contribution in [1.82, 2.24) is 5.32 Å². The number of nitrogens with one attached hydrogen (secondary N) is 1. The van der Waals surface area contributed by atoms with Crippen LogP contribution in [-0.4, -0.2) is 28.1 Å². The van der Waals surface area contributed by atoms with E-state index in [9.17, 15) is 14.7 Å². The number of rotatable bonds is 6. The number of carbonyl (C=O) groups excluding carboxylic acids is 1. The van der Waals surface area contributed by atoms with Gasteiger partial charge in [0, 0.05) is 6.04 Å². The molecule has 0 spiro atoms. The van der Waals surface area contributed by atoms with Crippen molar-refractivity contribution in [3.05, 3.63) is 29.8 Å². The van der Waals surface area contributed by atoms with Crippen LogP contribution in [0.1, 0.15) is 25.3 Å². The van der Waals surface area contributed by atoms with Gasteiger partial charge in [-0.15, -0.1) is 0 Å². The monoisotopic (exact) mass is 251 g/mol. The van der Waals surface area contributed by atoms with Gasteiger partial charge in [-0.05, 0) is 24.1 Å². The number of hydrogen-bond acceptors (Lipinski definition) is 3. The van der Waals surface area contributed by atoms with E-state index in [1.54, 1.807) is 12.1 Å². The van der Waals surface area contributed by atoms with E-state index in [2.05, 4.69) is 5.32 Å². The minimum atomic E-state index is -0.931. The zero-order valence-corrected chi connectivity index (χ0v) is 10.2. The van der Waals surface area contributed by atoms with Gasteiger partial charge in [0.2, 0.25) is 5.91 Å². The van der Waals surface area contributed by atoms with Gasteiger partial charge < -0.3 is 15.5 Å². The molecule has 1 amide bonds. The van der Waals surface area contributed by atoms with Crippen molar-refractivity contribution in [1.29, 1.82) is 0 Å². The van der Waals surface area contributed by atoms with Crippen molar-refractivity contribution in [2.45, 2.75) is 32.2 Å². The van der Waals surface area contributed by atoms with Crippen molar-refractivity contribution < 1.29 is 19.8 Å². The van der Waals surface area contributed by atoms with Gasteiger partial charge in [0.05, 0.1) is 12.8 Å². The summed E-state index contributed by atoms with van der Waals surface area (Å²) in [6, 6.07) is 6.08. The molecule has 0 radical (unpaired) electrons. The second-order valence-corrected chi connectivity index (χ2v) is 4.12. The van der Waals surface area contributed by atoms with E-state index in [4.69, 9.17) is 5.11 Å². The minimum absolute atomic E-state index is 0.0811. The molecule has 0 saturated heterocycles. The lowest BCUT2D eigenvalue weighted by Gasteiger charge is -2.14. The lowest BCUT2D eigenvalue weighted by atomic mass is 10.1. The first-order valence-corrected chi connectivity index (χ1v) is 5.80. The van der Waals surface area contributed by atoms with Gasteiger partial charge in [-0.2, -0.15) is 0 Å². The number of aromatic hydroxyl groups is 1. The molecule has 1 rings (SSSR count). The Kier molecular flexibility index (Phi) is 5.17. The maximum atomic E-state index is 11.7. The maximum Gasteiger partial charge on any atom is 0.305 e. The summed E-state index contributed by atoms with van der Waals surface area (Å²) in [6.07, 6.45) is 0.616. The Balaban J connectivity index is 2.52. The molecule has 0 saturated carbocycles. The third kappa shape index (κ3) is 4.86. The highest BCUT2D eigenvalue weighted by molar-refractivity contribution is 5.79. The van der Waals surface area contributed by atoms with Crippen molar-refractivity contribution in [2.24, 2.45) is 0 Å². The van der Waals surface area contributed by atoms with Crippen molar-refractivity contribution in [2.75, 3.05) is 0 Å². The van der Waals surface area contributed by atoms with Crippen molar-refractivity contribution in [3.63, 3.8) is 0 Å². The van der Waals surface area contributed by atoms with Gasteiger partial charge in [0.1, 0.15) is 5.75 Å². The van der Waals surface area contributed by atoms with Gasteiger partial charge in [-0.1, -0.05) is 19.1 Å². The maximum absolute atomic E-state index is 11.7. The van der Waals surface area contributed by atoms with Crippen molar-refractivity contribution >= 4 is 11.9 Å². The summed E-state index contributed by atoms with van der Waals surface area (Å²) in [5.74, 6) is -1.06. The molecule has 3 N–H and O–H groups in total. The van der Waals surface area contributed by atoms with E-state index in [1.165, 1.54) is 12.1 Å². The Hall–Kier alpha value is -2.04. The second-order valence-electron chi connectivity index (χ2n) is 4.12. The molecular formula is C13H17NO4. The molecule has 1 atom stereocenters. The van der Waals surface area contributed by atoms with E-state index in [0.717, 1.165) is 0 Å². The third-order valence-electron chi connectivity index (χ3n) is 2.55. The summed E-state index contributed by atoms with van der Waals surface area (Å²) in [7, 11) is 0. The van der Waals surface area contributed by atoms with Crippen LogP contribution >= 0.6 is 0 Å². The van der Waals surface area contributed by atoms with Crippen molar-refractivity contribution in [3.8, 4) is 5.75 Å². The van der Waals surface area contributed by atoms with Crippen LogP contribution < -0.4 is 5.32 Å². The number of phenols is 1. The predicted molar refractivity (Wildman–Crippen MR) is 66.3 cm³/mol. The molecule has 0 bridgehead atoms. The van der Waals surface area contributed by atoms with E-state index >= 15 is 0 Å². The zero-order chi connectivity index (χ0) is 13.5. The van der Waals surface area contributed by atoms with Gasteiger partial charge in [-0.25, -0.2) is 0 Å². The first-order chi connectivity index (χ1) is 8.51. The first kappa shape index (κ1) is 14.0. The summed E-state index contributed by atoms with van der Waals surface area (Å²) < 4.78 is 0. The van der Waals surface area contributed by atoms with Crippen LogP contribution in [0.3, 0.4) is 0 Å². The van der Waals surface area contributed by atoms with Crippen LogP contribution in [-0.2, 0) is 16.0 Å². The lowest BCUT2D eigenvalue weighted by Crippen LogP contribution is -2.36. The van der Waals surface area contributed by atoms with Crippen LogP contribution in [0.4, 0.5) is 0 Å². The minimum Gasteiger partial charge on any atom is -0.508 e. The summed E-state index contributed by atoms with van der Waals surface area (Å²) >= 11 is 0. The highest BCUT2D eigenvalue weighted by Crippen LogP contribution is 2.11. The van der Waals surface area contributed by atoms with E-state index < -0.39 is 5.97 Å². The third-order valence-corrected chi connectivity index (χ3v) is 2.55. The van der Waals surface area contributed by atoms with E-state index in [0.29, 0.717) is 12.0 Å². The van der Waals surface area contributed by atoms with Gasteiger partial charge in [-0.3, -0.25) is 9.59 Å². The first-order valence-electron chi connectivity index (χ1n) is 5.80. The number of benzene rings is 1. The summed E-state index contributed by atoms with van der Waals surface area (Å²) in [5.41, 5.74) is 0.692. The molecule has 0 aliphatic carbocycles. The second kappa shape index (κ2) is 6.64. The Bertz CT molecular complexity index is 431. The standard InChI is InChI=1S/C13H17NO4/c1-2-10(8-13(17)18)14-12(16)7-9-4-3-5-11(15)6-9/h3-6,10,15H,2,7-8H2,1H3,(H,14,16)(H,17,18). The van der Waals surface area contributed by atoms with Crippen LogP contribution in [0.2, 0.25) is 0 Å². The number of carbonyl (C=O) groups is 2. The number of amides is 1. The quantitative estimate of drug-likeness (QED) is 0.711. The molecule has 0 heterocycles. The summed E-state index contributed by atoms with van der Waals surface area (Å²) in [6.45, 7) is 1.82. The molecule has 18 heavy (non-hydrogen) atoms. The molecule has 98 valence electrons. The van der Waals surface area contributed by atoms with Crippen LogP contribution in [0.25, 0.3) is 0 Å². The van der Waals surface area contributed by atoms with Gasteiger partial charge >= 0.3 is 5.97 Å². The fourth-order valence-electron chi connectivity index (χ4n) is 1.64. The highest BCUT2D eigenvalue weighted by atomic mass is 16.4. The Morgan fingerprint density at radius 1 is 1.39 bits per heavy atom. The predicted octanol–water partition coefficient (Wildman–Crippen LogP) is 1.30. The van der Waals surface area contributed by atoms with Gasteiger partial charge in [0.15, 0.2) is 0 Å². The normalized spacial score (nSPS) is 11.8. The molecule has 1 unspecified atom stereocenters. The van der Waals surface area contributed by atoms with E-state index in [1.807, 2.05) is 6.92 Å². The number of aliphatic carboxylic acids is 1. The Morgan fingerprint density at radius 3 is 2.67 bits per heavy atom. The molecule has 5 heteroatoms. The fraction of sp³-hybridized carbons (Fsp3) is 0.385. The topological polar surface area (TPSA) is 86.6 Å². The Labute approximate surface area is 105 Å². The molecule has 1 aromatic rings.